The number of benzene rings is 1. The number of carbonyl (C=O) groups excluding carboxylic acids is 1. The van der Waals surface area contributed by atoms with Crippen molar-refractivity contribution in [3.05, 3.63) is 35.7 Å². The molecule has 0 aliphatic heterocycles. The Labute approximate surface area is 123 Å². The summed E-state index contributed by atoms with van der Waals surface area (Å²) in [4.78, 5) is 16.3. The van der Waals surface area contributed by atoms with Crippen molar-refractivity contribution < 1.29 is 9.90 Å². The Balaban J connectivity index is 2.08. The number of carbonyl (C=O) groups is 1. The molecule has 1 amide bonds. The van der Waals surface area contributed by atoms with Crippen molar-refractivity contribution in [2.24, 2.45) is 5.92 Å². The third kappa shape index (κ3) is 3.88. The summed E-state index contributed by atoms with van der Waals surface area (Å²) in [6.45, 7) is 5.87. The average Bonchev–Trinajstić information content (AvgIpc) is 2.91. The van der Waals surface area contributed by atoms with Gasteiger partial charge in [-0.2, -0.15) is 5.10 Å². The number of aromatic amines is 1. The molecule has 0 saturated heterocycles. The van der Waals surface area contributed by atoms with Crippen LogP contribution in [0.3, 0.4) is 0 Å². The summed E-state index contributed by atoms with van der Waals surface area (Å²) in [6.07, 6.45) is -0.548. The molecule has 0 fully saturated rings. The summed E-state index contributed by atoms with van der Waals surface area (Å²) in [5, 5.41) is 19.3. The van der Waals surface area contributed by atoms with Gasteiger partial charge in [-0.1, -0.05) is 26.0 Å². The molecule has 1 unspecified atom stereocenters. The molecule has 0 radical (unpaired) electrons. The SMILES string of the molecule is Cc1nc(-c2cccc(C(=O)NCC(O)C(C)C)c2)n[nH]1. The zero-order valence-corrected chi connectivity index (χ0v) is 12.4. The van der Waals surface area contributed by atoms with Crippen LogP contribution in [0.2, 0.25) is 0 Å². The number of rotatable bonds is 5. The average molecular weight is 288 g/mol. The van der Waals surface area contributed by atoms with Crippen molar-refractivity contribution in [2.45, 2.75) is 26.9 Å². The second-order valence-electron chi connectivity index (χ2n) is 5.35. The fourth-order valence-corrected chi connectivity index (χ4v) is 1.81. The molecule has 2 rings (SSSR count). The first kappa shape index (κ1) is 15.2. The smallest absolute Gasteiger partial charge is 0.251 e. The van der Waals surface area contributed by atoms with E-state index in [1.807, 2.05) is 26.8 Å². The van der Waals surface area contributed by atoms with Crippen molar-refractivity contribution in [3.63, 3.8) is 0 Å². The number of hydrogen-bond donors (Lipinski definition) is 3. The predicted molar refractivity (Wildman–Crippen MR) is 79.7 cm³/mol. The second-order valence-corrected chi connectivity index (χ2v) is 5.35. The zero-order chi connectivity index (χ0) is 15.4. The fourth-order valence-electron chi connectivity index (χ4n) is 1.81. The van der Waals surface area contributed by atoms with E-state index in [-0.39, 0.29) is 18.4 Å². The third-order valence-corrected chi connectivity index (χ3v) is 3.22. The number of aliphatic hydroxyl groups excluding tert-OH is 1. The highest BCUT2D eigenvalue weighted by Crippen LogP contribution is 2.16. The van der Waals surface area contributed by atoms with E-state index in [2.05, 4.69) is 20.5 Å². The third-order valence-electron chi connectivity index (χ3n) is 3.22. The summed E-state index contributed by atoms with van der Waals surface area (Å²) in [7, 11) is 0. The van der Waals surface area contributed by atoms with E-state index in [0.717, 1.165) is 11.4 Å². The monoisotopic (exact) mass is 288 g/mol. The van der Waals surface area contributed by atoms with Gasteiger partial charge in [0.2, 0.25) is 0 Å². The van der Waals surface area contributed by atoms with Gasteiger partial charge in [0.05, 0.1) is 6.10 Å². The van der Waals surface area contributed by atoms with Crippen molar-refractivity contribution in [2.75, 3.05) is 6.54 Å². The number of nitrogens with one attached hydrogen (secondary N) is 2. The summed E-state index contributed by atoms with van der Waals surface area (Å²) in [5.41, 5.74) is 1.29. The van der Waals surface area contributed by atoms with Crippen LogP contribution in [0, 0.1) is 12.8 Å². The van der Waals surface area contributed by atoms with Gasteiger partial charge in [0.15, 0.2) is 5.82 Å². The van der Waals surface area contributed by atoms with E-state index in [1.165, 1.54) is 0 Å². The minimum absolute atomic E-state index is 0.105. The van der Waals surface area contributed by atoms with Crippen molar-refractivity contribution >= 4 is 5.91 Å². The molecule has 112 valence electrons. The Morgan fingerprint density at radius 3 is 2.81 bits per heavy atom. The maximum Gasteiger partial charge on any atom is 0.251 e. The molecule has 0 saturated carbocycles. The number of amides is 1. The van der Waals surface area contributed by atoms with Crippen LogP contribution < -0.4 is 5.32 Å². The van der Waals surface area contributed by atoms with Crippen LogP contribution in [0.1, 0.15) is 30.0 Å². The number of nitrogens with zero attached hydrogens (tertiary/aromatic N) is 2. The van der Waals surface area contributed by atoms with Crippen molar-refractivity contribution in [1.29, 1.82) is 0 Å². The van der Waals surface area contributed by atoms with Crippen LogP contribution in [0.25, 0.3) is 11.4 Å². The van der Waals surface area contributed by atoms with Gasteiger partial charge in [0, 0.05) is 17.7 Å². The lowest BCUT2D eigenvalue weighted by Crippen LogP contribution is -2.34. The molecule has 1 heterocycles. The number of aromatic nitrogens is 3. The highest BCUT2D eigenvalue weighted by molar-refractivity contribution is 5.95. The van der Waals surface area contributed by atoms with E-state index in [9.17, 15) is 9.90 Å². The van der Waals surface area contributed by atoms with Gasteiger partial charge in [-0.05, 0) is 25.0 Å². The minimum Gasteiger partial charge on any atom is -0.391 e. The normalized spacial score (nSPS) is 12.4. The van der Waals surface area contributed by atoms with E-state index < -0.39 is 6.10 Å². The molecule has 0 bridgehead atoms. The lowest BCUT2D eigenvalue weighted by molar-refractivity contribution is 0.0871. The van der Waals surface area contributed by atoms with E-state index in [1.54, 1.807) is 18.2 Å². The van der Waals surface area contributed by atoms with Crippen LogP contribution in [-0.4, -0.2) is 38.8 Å². The molecule has 3 N–H and O–H groups in total. The number of aliphatic hydroxyl groups is 1. The Morgan fingerprint density at radius 2 is 2.19 bits per heavy atom. The lowest BCUT2D eigenvalue weighted by Gasteiger charge is -2.15. The molecule has 1 atom stereocenters. The number of hydrogen-bond acceptors (Lipinski definition) is 4. The summed E-state index contributed by atoms with van der Waals surface area (Å²) < 4.78 is 0. The second kappa shape index (κ2) is 6.49. The Hall–Kier alpha value is -2.21. The minimum atomic E-state index is -0.548. The maximum absolute atomic E-state index is 12.1. The van der Waals surface area contributed by atoms with Crippen LogP contribution in [0.4, 0.5) is 0 Å². The number of H-pyrrole nitrogens is 1. The highest BCUT2D eigenvalue weighted by Gasteiger charge is 2.13. The standard InChI is InChI=1S/C15H20N4O2/c1-9(2)13(20)8-16-15(21)12-6-4-5-11(7-12)14-17-10(3)18-19-14/h4-7,9,13,20H,8H2,1-3H3,(H,16,21)(H,17,18,19). The predicted octanol–water partition coefficient (Wildman–Crippen LogP) is 1.53. The molecule has 6 nitrogen and oxygen atoms in total. The molecule has 2 aromatic rings. The first-order valence-corrected chi connectivity index (χ1v) is 6.93. The van der Waals surface area contributed by atoms with E-state index in [4.69, 9.17) is 0 Å². The molecule has 6 heteroatoms. The summed E-state index contributed by atoms with van der Waals surface area (Å²) >= 11 is 0. The lowest BCUT2D eigenvalue weighted by atomic mass is 10.1. The van der Waals surface area contributed by atoms with Gasteiger partial charge in [-0.25, -0.2) is 4.98 Å². The number of aryl methyl sites for hydroxylation is 1. The molecular weight excluding hydrogens is 268 g/mol. The van der Waals surface area contributed by atoms with Gasteiger partial charge < -0.3 is 10.4 Å². The first-order valence-electron chi connectivity index (χ1n) is 6.93. The van der Waals surface area contributed by atoms with Gasteiger partial charge in [0.25, 0.3) is 5.91 Å². The van der Waals surface area contributed by atoms with Crippen LogP contribution in [0.5, 0.6) is 0 Å². The van der Waals surface area contributed by atoms with Gasteiger partial charge in [0.1, 0.15) is 5.82 Å². The topological polar surface area (TPSA) is 90.9 Å². The molecule has 0 aliphatic rings. The maximum atomic E-state index is 12.1. The first-order chi connectivity index (χ1) is 9.97. The van der Waals surface area contributed by atoms with Crippen molar-refractivity contribution in [3.8, 4) is 11.4 Å². The highest BCUT2D eigenvalue weighted by atomic mass is 16.3. The van der Waals surface area contributed by atoms with Crippen molar-refractivity contribution in [1.82, 2.24) is 20.5 Å². The van der Waals surface area contributed by atoms with Crippen LogP contribution >= 0.6 is 0 Å². The van der Waals surface area contributed by atoms with Crippen LogP contribution in [0.15, 0.2) is 24.3 Å². The molecule has 1 aromatic carbocycles. The molecule has 0 aliphatic carbocycles. The van der Waals surface area contributed by atoms with Gasteiger partial charge >= 0.3 is 0 Å². The fraction of sp³-hybridized carbons (Fsp3) is 0.400. The largest absolute Gasteiger partial charge is 0.391 e. The zero-order valence-electron chi connectivity index (χ0n) is 12.4. The van der Waals surface area contributed by atoms with E-state index >= 15 is 0 Å². The Kier molecular flexibility index (Phi) is 4.70. The molecule has 21 heavy (non-hydrogen) atoms. The molecular formula is C15H20N4O2. The Bertz CT molecular complexity index is 622. The molecule has 0 spiro atoms. The van der Waals surface area contributed by atoms with Gasteiger partial charge in [-0.15, -0.1) is 0 Å². The van der Waals surface area contributed by atoms with E-state index in [0.29, 0.717) is 11.4 Å². The quantitative estimate of drug-likeness (QED) is 0.778. The molecule has 1 aromatic heterocycles. The summed E-state index contributed by atoms with van der Waals surface area (Å²) in [5.74, 6) is 1.17. The van der Waals surface area contributed by atoms with Crippen LogP contribution in [-0.2, 0) is 0 Å². The Morgan fingerprint density at radius 1 is 1.43 bits per heavy atom. The summed E-state index contributed by atoms with van der Waals surface area (Å²) in [6, 6.07) is 7.09. The van der Waals surface area contributed by atoms with Gasteiger partial charge in [-0.3, -0.25) is 9.89 Å².